The second kappa shape index (κ2) is 9.29. The van der Waals surface area contributed by atoms with Gasteiger partial charge in [0.15, 0.2) is 17.5 Å². The quantitative estimate of drug-likeness (QED) is 0.409. The number of nitrogens with one attached hydrogen (secondary N) is 1. The number of nitriles is 1. The molecule has 1 fully saturated rings. The maximum atomic E-state index is 13.7. The van der Waals surface area contributed by atoms with Crippen molar-refractivity contribution in [2.45, 2.75) is 0 Å². The summed E-state index contributed by atoms with van der Waals surface area (Å²) in [5.74, 6) is -5.94. The molecule has 1 aliphatic rings. The van der Waals surface area contributed by atoms with Crippen LogP contribution in [0.1, 0.15) is 11.3 Å². The molecule has 0 bridgehead atoms. The number of thioether (sulfide) groups is 1. The highest BCUT2D eigenvalue weighted by molar-refractivity contribution is 8.18. The highest BCUT2D eigenvalue weighted by Crippen LogP contribution is 2.34. The van der Waals surface area contributed by atoms with Crippen LogP contribution in [-0.4, -0.2) is 28.5 Å². The standard InChI is InChI=1S/C23H12F3N3O4S/c24-15-6-7-16(21(26)20(15)25)28-19(30)11-29-22(31)18(34-23(29)32)9-13-5-8-17(33-13)14-4-2-1-3-12(14)10-27/h1-9H,11H2,(H,28,30)/b18-9+. The lowest BCUT2D eigenvalue weighted by Crippen LogP contribution is -2.36. The van der Waals surface area contributed by atoms with E-state index in [1.54, 1.807) is 36.4 Å². The summed E-state index contributed by atoms with van der Waals surface area (Å²) in [5, 5.41) is 10.5. The minimum Gasteiger partial charge on any atom is -0.457 e. The lowest BCUT2D eigenvalue weighted by atomic mass is 10.1. The molecule has 3 amide bonds. The van der Waals surface area contributed by atoms with Crippen molar-refractivity contribution < 1.29 is 32.0 Å². The molecule has 34 heavy (non-hydrogen) atoms. The monoisotopic (exact) mass is 483 g/mol. The zero-order chi connectivity index (χ0) is 24.4. The van der Waals surface area contributed by atoms with Gasteiger partial charge in [-0.2, -0.15) is 5.26 Å². The third-order valence-corrected chi connectivity index (χ3v) is 5.61. The fourth-order valence-electron chi connectivity index (χ4n) is 3.09. The fraction of sp³-hybridized carbons (Fsp3) is 0.0435. The lowest BCUT2D eigenvalue weighted by Gasteiger charge is -2.13. The van der Waals surface area contributed by atoms with Gasteiger partial charge in [-0.3, -0.25) is 19.3 Å². The van der Waals surface area contributed by atoms with E-state index >= 15 is 0 Å². The summed E-state index contributed by atoms with van der Waals surface area (Å²) >= 11 is 0.568. The Bertz CT molecular complexity index is 1410. The van der Waals surface area contributed by atoms with Crippen molar-refractivity contribution in [3.8, 4) is 17.4 Å². The molecule has 2 aromatic carbocycles. The van der Waals surface area contributed by atoms with E-state index < -0.39 is 46.7 Å². The van der Waals surface area contributed by atoms with Gasteiger partial charge in [0.2, 0.25) is 5.91 Å². The van der Waals surface area contributed by atoms with Crippen molar-refractivity contribution in [1.82, 2.24) is 4.90 Å². The van der Waals surface area contributed by atoms with Gasteiger partial charge in [0, 0.05) is 11.6 Å². The molecule has 170 valence electrons. The normalized spacial score (nSPS) is 14.5. The SMILES string of the molecule is N#Cc1ccccc1-c1ccc(/C=C2/SC(=O)N(CC(=O)Nc3ccc(F)c(F)c3F)C2=O)o1. The molecule has 0 aliphatic carbocycles. The van der Waals surface area contributed by atoms with Gasteiger partial charge < -0.3 is 9.73 Å². The summed E-state index contributed by atoms with van der Waals surface area (Å²) in [7, 11) is 0. The molecule has 2 heterocycles. The van der Waals surface area contributed by atoms with E-state index in [4.69, 9.17) is 4.42 Å². The minimum atomic E-state index is -1.76. The molecule has 0 atom stereocenters. The average molecular weight is 483 g/mol. The molecule has 0 unspecified atom stereocenters. The number of nitrogens with zero attached hydrogens (tertiary/aromatic N) is 2. The average Bonchev–Trinajstić information content (AvgIpc) is 3.39. The van der Waals surface area contributed by atoms with E-state index in [2.05, 4.69) is 6.07 Å². The molecule has 0 radical (unpaired) electrons. The third-order valence-electron chi connectivity index (χ3n) is 4.70. The Hall–Kier alpha value is -4.30. The van der Waals surface area contributed by atoms with E-state index in [9.17, 15) is 32.8 Å². The van der Waals surface area contributed by atoms with Crippen molar-refractivity contribution in [2.24, 2.45) is 0 Å². The zero-order valence-electron chi connectivity index (χ0n) is 17.0. The molecule has 11 heteroatoms. The van der Waals surface area contributed by atoms with Crippen molar-refractivity contribution in [3.63, 3.8) is 0 Å². The van der Waals surface area contributed by atoms with Crippen LogP contribution in [0.2, 0.25) is 0 Å². The van der Waals surface area contributed by atoms with Gasteiger partial charge >= 0.3 is 0 Å². The zero-order valence-corrected chi connectivity index (χ0v) is 17.8. The number of furan rings is 1. The third kappa shape index (κ3) is 4.44. The van der Waals surface area contributed by atoms with Crippen molar-refractivity contribution in [3.05, 3.63) is 82.2 Å². The Morgan fingerprint density at radius 3 is 2.62 bits per heavy atom. The second-order valence-corrected chi connectivity index (χ2v) is 7.89. The first-order valence-electron chi connectivity index (χ1n) is 9.56. The lowest BCUT2D eigenvalue weighted by molar-refractivity contribution is -0.127. The van der Waals surface area contributed by atoms with Gasteiger partial charge in [0.1, 0.15) is 18.1 Å². The Balaban J connectivity index is 1.48. The minimum absolute atomic E-state index is 0.0220. The summed E-state index contributed by atoms with van der Waals surface area (Å²) in [6.45, 7) is -0.764. The summed E-state index contributed by atoms with van der Waals surface area (Å²) in [6.07, 6.45) is 1.32. The van der Waals surface area contributed by atoms with Crippen LogP contribution in [-0.2, 0) is 9.59 Å². The number of amides is 3. The van der Waals surface area contributed by atoms with Crippen LogP contribution >= 0.6 is 11.8 Å². The van der Waals surface area contributed by atoms with Gasteiger partial charge in [-0.1, -0.05) is 12.1 Å². The number of rotatable bonds is 5. The first kappa shape index (κ1) is 22.9. The first-order chi connectivity index (χ1) is 16.3. The first-order valence-corrected chi connectivity index (χ1v) is 10.4. The summed E-state index contributed by atoms with van der Waals surface area (Å²) in [5.41, 5.74) is 0.318. The van der Waals surface area contributed by atoms with E-state index in [0.29, 0.717) is 39.6 Å². The van der Waals surface area contributed by atoms with Crippen LogP contribution in [0.15, 0.2) is 57.9 Å². The molecule has 1 saturated heterocycles. The number of carbonyl (C=O) groups excluding carboxylic acids is 3. The molecule has 0 spiro atoms. The number of halogens is 3. The second-order valence-electron chi connectivity index (χ2n) is 6.90. The molecular weight excluding hydrogens is 471 g/mol. The van der Waals surface area contributed by atoms with Gasteiger partial charge in [-0.05, 0) is 48.2 Å². The van der Waals surface area contributed by atoms with E-state index in [1.807, 2.05) is 5.32 Å². The number of hydrogen-bond acceptors (Lipinski definition) is 6. The maximum absolute atomic E-state index is 13.7. The van der Waals surface area contributed by atoms with Crippen molar-refractivity contribution in [1.29, 1.82) is 5.26 Å². The maximum Gasteiger partial charge on any atom is 0.294 e. The number of anilines is 1. The highest BCUT2D eigenvalue weighted by Gasteiger charge is 2.36. The van der Waals surface area contributed by atoms with Crippen molar-refractivity contribution in [2.75, 3.05) is 11.9 Å². The molecule has 7 nitrogen and oxygen atoms in total. The molecular formula is C23H12F3N3O4S. The van der Waals surface area contributed by atoms with Crippen LogP contribution in [0.25, 0.3) is 17.4 Å². The molecule has 1 aliphatic heterocycles. The summed E-state index contributed by atoms with van der Waals surface area (Å²) in [4.78, 5) is 37.6. The van der Waals surface area contributed by atoms with E-state index in [1.165, 1.54) is 6.08 Å². The molecule has 0 saturated carbocycles. The van der Waals surface area contributed by atoms with Gasteiger partial charge in [-0.15, -0.1) is 0 Å². The van der Waals surface area contributed by atoms with Crippen molar-refractivity contribution >= 4 is 40.6 Å². The Morgan fingerprint density at radius 2 is 1.85 bits per heavy atom. The van der Waals surface area contributed by atoms with Gasteiger partial charge in [-0.25, -0.2) is 13.2 Å². The predicted molar refractivity (Wildman–Crippen MR) is 116 cm³/mol. The number of carbonyl (C=O) groups is 3. The van der Waals surface area contributed by atoms with Crippen LogP contribution in [0.3, 0.4) is 0 Å². The fourth-order valence-corrected chi connectivity index (χ4v) is 3.91. The highest BCUT2D eigenvalue weighted by atomic mass is 32.2. The summed E-state index contributed by atoms with van der Waals surface area (Å²) < 4.78 is 45.8. The van der Waals surface area contributed by atoms with Gasteiger partial charge in [0.25, 0.3) is 11.1 Å². The summed E-state index contributed by atoms with van der Waals surface area (Å²) in [6, 6.07) is 13.4. The smallest absolute Gasteiger partial charge is 0.294 e. The van der Waals surface area contributed by atoms with Gasteiger partial charge in [0.05, 0.1) is 22.2 Å². The Labute approximate surface area is 194 Å². The van der Waals surface area contributed by atoms with Crippen LogP contribution in [0.5, 0.6) is 0 Å². The van der Waals surface area contributed by atoms with Crippen LogP contribution in [0, 0.1) is 28.8 Å². The Kier molecular flexibility index (Phi) is 6.25. The largest absolute Gasteiger partial charge is 0.457 e. The molecule has 3 aromatic rings. The molecule has 1 aromatic heterocycles. The number of imide groups is 1. The number of hydrogen-bond donors (Lipinski definition) is 1. The van der Waals surface area contributed by atoms with E-state index in [0.717, 1.165) is 6.07 Å². The van der Waals surface area contributed by atoms with E-state index in [-0.39, 0.29) is 10.7 Å². The predicted octanol–water partition coefficient (Wildman–Crippen LogP) is 4.91. The molecule has 1 N–H and O–H groups in total. The number of benzene rings is 2. The Morgan fingerprint density at radius 1 is 1.09 bits per heavy atom. The topological polar surface area (TPSA) is 103 Å². The van der Waals surface area contributed by atoms with Crippen LogP contribution in [0.4, 0.5) is 23.7 Å². The molecule has 4 rings (SSSR count). The van der Waals surface area contributed by atoms with Crippen LogP contribution < -0.4 is 5.32 Å².